The van der Waals surface area contributed by atoms with E-state index in [9.17, 15) is 9.59 Å². The van der Waals surface area contributed by atoms with Crippen LogP contribution in [0.3, 0.4) is 0 Å². The molecule has 0 aliphatic heterocycles. The van der Waals surface area contributed by atoms with Gasteiger partial charge in [0.25, 0.3) is 5.91 Å². The van der Waals surface area contributed by atoms with E-state index >= 15 is 0 Å². The molecule has 162 valence electrons. The van der Waals surface area contributed by atoms with E-state index in [-0.39, 0.29) is 12.0 Å². The molecule has 31 heavy (non-hydrogen) atoms. The predicted octanol–water partition coefficient (Wildman–Crippen LogP) is 3.80. The smallest absolute Gasteiger partial charge is 0.340 e. The Morgan fingerprint density at radius 3 is 2.65 bits per heavy atom. The van der Waals surface area contributed by atoms with Crippen molar-refractivity contribution in [3.63, 3.8) is 0 Å². The largest absolute Gasteiger partial charge is 0.459 e. The highest BCUT2D eigenvalue weighted by Crippen LogP contribution is 2.28. The highest BCUT2D eigenvalue weighted by atomic mass is 16.5. The average molecular weight is 421 g/mol. The molecular weight excluding hydrogens is 392 g/mol. The van der Waals surface area contributed by atoms with Crippen molar-refractivity contribution in [1.29, 1.82) is 0 Å². The lowest BCUT2D eigenvalue weighted by atomic mass is 10.1. The summed E-state index contributed by atoms with van der Waals surface area (Å²) in [5.74, 6) is -0.676. The molecule has 1 amide bonds. The molecule has 1 aliphatic carbocycles. The minimum absolute atomic E-state index is 0.222. The SMILES string of the molecule is Cc1[nH]c(C(=O)NCc2nn(-c3ccccc3)c3c2CCC3)c(C)c1C(=O)OC(C)C. The minimum atomic E-state index is -0.417. The van der Waals surface area contributed by atoms with Crippen LogP contribution in [0.25, 0.3) is 5.69 Å². The number of aromatic amines is 1. The summed E-state index contributed by atoms with van der Waals surface area (Å²) in [6, 6.07) is 10.1. The fraction of sp³-hybridized carbons (Fsp3) is 0.375. The molecule has 1 aromatic carbocycles. The Bertz CT molecular complexity index is 1130. The molecule has 3 aromatic rings. The number of aromatic nitrogens is 3. The molecule has 7 heteroatoms. The second-order valence-corrected chi connectivity index (χ2v) is 8.23. The number of nitrogens with zero attached hydrogens (tertiary/aromatic N) is 2. The lowest BCUT2D eigenvalue weighted by Gasteiger charge is -2.08. The van der Waals surface area contributed by atoms with Crippen LogP contribution < -0.4 is 5.32 Å². The Morgan fingerprint density at radius 1 is 1.19 bits per heavy atom. The van der Waals surface area contributed by atoms with Gasteiger partial charge >= 0.3 is 5.97 Å². The molecule has 0 bridgehead atoms. The van der Waals surface area contributed by atoms with Gasteiger partial charge in [-0.3, -0.25) is 4.79 Å². The Balaban J connectivity index is 1.53. The summed E-state index contributed by atoms with van der Waals surface area (Å²) in [5.41, 5.74) is 6.40. The first-order chi connectivity index (χ1) is 14.9. The topological polar surface area (TPSA) is 89.0 Å². The number of carbonyl (C=O) groups excluding carboxylic acids is 2. The average Bonchev–Trinajstić information content (AvgIpc) is 3.40. The maximum absolute atomic E-state index is 12.9. The first kappa shape index (κ1) is 20.9. The zero-order valence-corrected chi connectivity index (χ0v) is 18.4. The van der Waals surface area contributed by atoms with E-state index < -0.39 is 5.97 Å². The predicted molar refractivity (Wildman–Crippen MR) is 118 cm³/mol. The molecule has 2 aromatic heterocycles. The number of rotatable bonds is 6. The number of amides is 1. The van der Waals surface area contributed by atoms with Crippen molar-refractivity contribution in [3.8, 4) is 5.69 Å². The van der Waals surface area contributed by atoms with Gasteiger partial charge in [-0.15, -0.1) is 0 Å². The lowest BCUT2D eigenvalue weighted by molar-refractivity contribution is 0.0376. The van der Waals surface area contributed by atoms with Crippen LogP contribution in [-0.4, -0.2) is 32.7 Å². The van der Waals surface area contributed by atoms with Gasteiger partial charge < -0.3 is 15.0 Å². The zero-order chi connectivity index (χ0) is 22.1. The number of esters is 1. The number of para-hydroxylation sites is 1. The Labute approximate surface area is 181 Å². The Kier molecular flexibility index (Phi) is 5.67. The third-order valence-corrected chi connectivity index (χ3v) is 5.64. The first-order valence-electron chi connectivity index (χ1n) is 10.7. The van der Waals surface area contributed by atoms with Crippen molar-refractivity contribution in [1.82, 2.24) is 20.1 Å². The molecule has 7 nitrogen and oxygen atoms in total. The summed E-state index contributed by atoms with van der Waals surface area (Å²) in [6.07, 6.45) is 2.83. The molecule has 0 radical (unpaired) electrons. The van der Waals surface area contributed by atoms with Gasteiger partial charge in [-0.2, -0.15) is 5.10 Å². The second kappa shape index (κ2) is 8.41. The van der Waals surface area contributed by atoms with Crippen LogP contribution in [0, 0.1) is 13.8 Å². The maximum Gasteiger partial charge on any atom is 0.340 e. The molecule has 2 N–H and O–H groups in total. The molecule has 2 heterocycles. The highest BCUT2D eigenvalue weighted by Gasteiger charge is 2.26. The Morgan fingerprint density at radius 2 is 1.94 bits per heavy atom. The number of aryl methyl sites for hydroxylation is 1. The van der Waals surface area contributed by atoms with Gasteiger partial charge in [0.15, 0.2) is 0 Å². The summed E-state index contributed by atoms with van der Waals surface area (Å²) < 4.78 is 7.31. The fourth-order valence-corrected chi connectivity index (χ4v) is 4.25. The summed E-state index contributed by atoms with van der Waals surface area (Å²) >= 11 is 0. The van der Waals surface area contributed by atoms with Gasteiger partial charge in [0.2, 0.25) is 0 Å². The van der Waals surface area contributed by atoms with E-state index in [4.69, 9.17) is 9.84 Å². The van der Waals surface area contributed by atoms with Crippen molar-refractivity contribution < 1.29 is 14.3 Å². The van der Waals surface area contributed by atoms with Crippen LogP contribution in [0.15, 0.2) is 30.3 Å². The van der Waals surface area contributed by atoms with Crippen molar-refractivity contribution in [2.45, 2.75) is 59.6 Å². The van der Waals surface area contributed by atoms with Gasteiger partial charge in [-0.1, -0.05) is 18.2 Å². The van der Waals surface area contributed by atoms with Crippen molar-refractivity contribution in [2.24, 2.45) is 0 Å². The third kappa shape index (κ3) is 4.00. The van der Waals surface area contributed by atoms with Crippen LogP contribution in [0.2, 0.25) is 0 Å². The number of H-pyrrole nitrogens is 1. The number of ether oxygens (including phenoxy) is 1. The third-order valence-electron chi connectivity index (χ3n) is 5.64. The number of hydrogen-bond donors (Lipinski definition) is 2. The van der Waals surface area contributed by atoms with Crippen LogP contribution >= 0.6 is 0 Å². The van der Waals surface area contributed by atoms with E-state index in [0.717, 1.165) is 30.6 Å². The van der Waals surface area contributed by atoms with Crippen LogP contribution in [0.1, 0.15) is 69.3 Å². The minimum Gasteiger partial charge on any atom is -0.459 e. The van der Waals surface area contributed by atoms with Crippen LogP contribution in [0.4, 0.5) is 0 Å². The molecule has 0 saturated carbocycles. The van der Waals surface area contributed by atoms with Gasteiger partial charge in [-0.05, 0) is 70.2 Å². The standard InChI is InChI=1S/C24H28N4O3/c1-14(2)31-24(30)21-15(3)22(26-16(21)4)23(29)25-13-19-18-11-8-12-20(18)28(27-19)17-9-6-5-7-10-17/h5-7,9-10,14,26H,8,11-13H2,1-4H3,(H,25,29). The van der Waals surface area contributed by atoms with Crippen molar-refractivity contribution in [2.75, 3.05) is 0 Å². The van der Waals surface area contributed by atoms with Crippen LogP contribution in [-0.2, 0) is 24.1 Å². The van der Waals surface area contributed by atoms with E-state index in [1.165, 1.54) is 11.3 Å². The number of nitrogens with one attached hydrogen (secondary N) is 2. The monoisotopic (exact) mass is 420 g/mol. The van der Waals surface area contributed by atoms with E-state index in [0.29, 0.717) is 29.1 Å². The van der Waals surface area contributed by atoms with E-state index in [1.807, 2.05) is 35.0 Å². The van der Waals surface area contributed by atoms with Crippen molar-refractivity contribution >= 4 is 11.9 Å². The summed E-state index contributed by atoms with van der Waals surface area (Å²) in [6.45, 7) is 7.47. The first-order valence-corrected chi connectivity index (χ1v) is 10.7. The highest BCUT2D eigenvalue weighted by molar-refractivity contribution is 6.00. The summed E-state index contributed by atoms with van der Waals surface area (Å²) in [4.78, 5) is 28.3. The zero-order valence-electron chi connectivity index (χ0n) is 18.4. The van der Waals surface area contributed by atoms with Gasteiger partial charge in [0, 0.05) is 11.4 Å². The molecule has 0 fully saturated rings. The van der Waals surface area contributed by atoms with Gasteiger partial charge in [0.05, 0.1) is 29.6 Å². The van der Waals surface area contributed by atoms with E-state index in [2.05, 4.69) is 10.3 Å². The van der Waals surface area contributed by atoms with E-state index in [1.54, 1.807) is 27.7 Å². The maximum atomic E-state index is 12.9. The molecule has 0 saturated heterocycles. The normalized spacial score (nSPS) is 12.8. The molecule has 0 atom stereocenters. The number of fused-ring (bicyclic) bond motifs is 1. The molecule has 4 rings (SSSR count). The number of benzene rings is 1. The molecule has 0 unspecified atom stereocenters. The molecule has 1 aliphatic rings. The van der Waals surface area contributed by atoms with Crippen LogP contribution in [0.5, 0.6) is 0 Å². The summed E-state index contributed by atoms with van der Waals surface area (Å²) in [7, 11) is 0. The number of hydrogen-bond acceptors (Lipinski definition) is 4. The molecule has 0 spiro atoms. The molecular formula is C24H28N4O3. The Hall–Kier alpha value is -3.35. The lowest BCUT2D eigenvalue weighted by Crippen LogP contribution is -2.25. The van der Waals surface area contributed by atoms with Crippen molar-refractivity contribution in [3.05, 3.63) is 69.8 Å². The fourth-order valence-electron chi connectivity index (χ4n) is 4.25. The quantitative estimate of drug-likeness (QED) is 0.594. The number of carbonyl (C=O) groups is 2. The second-order valence-electron chi connectivity index (χ2n) is 8.23. The summed E-state index contributed by atoms with van der Waals surface area (Å²) in [5, 5.41) is 7.76. The van der Waals surface area contributed by atoms with Gasteiger partial charge in [0.1, 0.15) is 5.69 Å². The van der Waals surface area contributed by atoms with Gasteiger partial charge in [-0.25, -0.2) is 9.48 Å².